The lowest BCUT2D eigenvalue weighted by atomic mass is 10.1. The highest BCUT2D eigenvalue weighted by Crippen LogP contribution is 2.21. The minimum Gasteiger partial charge on any atom is -0.304 e. The van der Waals surface area contributed by atoms with Crippen LogP contribution in [0.3, 0.4) is 0 Å². The first-order chi connectivity index (χ1) is 9.88. The number of hydrogen-bond acceptors (Lipinski definition) is 4. The molecule has 20 heavy (non-hydrogen) atoms. The standard InChI is InChI=1S/C16H17N3S/c1-2-15(16-18-7-8-20-16)19-11-13-10-17-9-12-5-3-4-6-14(12)13/h3-10,15,19H,2,11H2,1H3. The third-order valence-corrected chi connectivity index (χ3v) is 4.34. The lowest BCUT2D eigenvalue weighted by molar-refractivity contribution is 0.517. The van der Waals surface area contributed by atoms with Crippen molar-refractivity contribution < 1.29 is 0 Å². The van der Waals surface area contributed by atoms with E-state index in [4.69, 9.17) is 0 Å². The van der Waals surface area contributed by atoms with Gasteiger partial charge in [-0.05, 0) is 17.4 Å². The molecule has 0 fully saturated rings. The number of pyridine rings is 1. The van der Waals surface area contributed by atoms with Gasteiger partial charge in [0.15, 0.2) is 0 Å². The summed E-state index contributed by atoms with van der Waals surface area (Å²) >= 11 is 1.71. The fourth-order valence-electron chi connectivity index (χ4n) is 2.37. The molecule has 3 aromatic rings. The highest BCUT2D eigenvalue weighted by molar-refractivity contribution is 7.09. The van der Waals surface area contributed by atoms with Crippen LogP contribution in [0.1, 0.15) is 30.0 Å². The van der Waals surface area contributed by atoms with Gasteiger partial charge in [-0.3, -0.25) is 4.98 Å². The summed E-state index contributed by atoms with van der Waals surface area (Å²) in [6.45, 7) is 2.99. The first kappa shape index (κ1) is 13.2. The predicted molar refractivity (Wildman–Crippen MR) is 83.7 cm³/mol. The molecule has 102 valence electrons. The van der Waals surface area contributed by atoms with E-state index in [1.165, 1.54) is 16.3 Å². The second-order valence-corrected chi connectivity index (χ2v) is 5.66. The number of hydrogen-bond donors (Lipinski definition) is 1. The number of thiazole rings is 1. The largest absolute Gasteiger partial charge is 0.304 e. The summed E-state index contributed by atoms with van der Waals surface area (Å²) in [6.07, 6.45) is 6.76. The van der Waals surface area contributed by atoms with Crippen molar-refractivity contribution in [2.45, 2.75) is 25.9 Å². The molecule has 1 N–H and O–H groups in total. The summed E-state index contributed by atoms with van der Waals surface area (Å²) in [5, 5.41) is 9.23. The third kappa shape index (κ3) is 2.71. The van der Waals surface area contributed by atoms with Crippen molar-refractivity contribution in [2.75, 3.05) is 0 Å². The van der Waals surface area contributed by atoms with Crippen LogP contribution in [0, 0.1) is 0 Å². The van der Waals surface area contributed by atoms with E-state index in [2.05, 4.69) is 40.4 Å². The molecule has 0 radical (unpaired) electrons. The van der Waals surface area contributed by atoms with Gasteiger partial charge in [-0.15, -0.1) is 11.3 Å². The van der Waals surface area contributed by atoms with E-state index in [9.17, 15) is 0 Å². The maximum Gasteiger partial charge on any atom is 0.109 e. The van der Waals surface area contributed by atoms with E-state index in [0.717, 1.165) is 18.0 Å². The van der Waals surface area contributed by atoms with Crippen LogP contribution in [0.5, 0.6) is 0 Å². The van der Waals surface area contributed by atoms with Gasteiger partial charge in [0.2, 0.25) is 0 Å². The Morgan fingerprint density at radius 2 is 2.15 bits per heavy atom. The van der Waals surface area contributed by atoms with Crippen LogP contribution in [0.2, 0.25) is 0 Å². The van der Waals surface area contributed by atoms with Gasteiger partial charge < -0.3 is 5.32 Å². The monoisotopic (exact) mass is 283 g/mol. The fourth-order valence-corrected chi connectivity index (χ4v) is 3.16. The van der Waals surface area contributed by atoms with Gasteiger partial charge in [0, 0.05) is 35.9 Å². The molecular formula is C16H17N3S. The molecule has 1 aromatic carbocycles. The van der Waals surface area contributed by atoms with Crippen LogP contribution in [0.15, 0.2) is 48.2 Å². The predicted octanol–water partition coefficient (Wildman–Crippen LogP) is 3.93. The quantitative estimate of drug-likeness (QED) is 0.771. The Kier molecular flexibility index (Phi) is 4.04. The molecule has 0 spiro atoms. The second-order valence-electron chi connectivity index (χ2n) is 4.73. The van der Waals surface area contributed by atoms with Gasteiger partial charge >= 0.3 is 0 Å². The Bertz CT molecular complexity index is 674. The van der Waals surface area contributed by atoms with E-state index >= 15 is 0 Å². The van der Waals surface area contributed by atoms with Crippen molar-refractivity contribution in [3.63, 3.8) is 0 Å². The molecule has 4 heteroatoms. The molecule has 0 aliphatic carbocycles. The Morgan fingerprint density at radius 1 is 1.25 bits per heavy atom. The van der Waals surface area contributed by atoms with Crippen molar-refractivity contribution >= 4 is 22.1 Å². The molecule has 0 aliphatic rings. The maximum absolute atomic E-state index is 4.40. The van der Waals surface area contributed by atoms with Crippen LogP contribution in [0.4, 0.5) is 0 Å². The first-order valence-electron chi connectivity index (χ1n) is 6.83. The smallest absolute Gasteiger partial charge is 0.109 e. The number of nitrogens with one attached hydrogen (secondary N) is 1. The lowest BCUT2D eigenvalue weighted by Gasteiger charge is -2.15. The maximum atomic E-state index is 4.40. The Labute approximate surface area is 122 Å². The van der Waals surface area contributed by atoms with E-state index in [-0.39, 0.29) is 0 Å². The van der Waals surface area contributed by atoms with Crippen molar-refractivity contribution in [1.29, 1.82) is 0 Å². The summed E-state index contributed by atoms with van der Waals surface area (Å²) in [6, 6.07) is 8.69. The van der Waals surface area contributed by atoms with Crippen molar-refractivity contribution in [3.8, 4) is 0 Å². The molecule has 0 bridgehead atoms. The minimum absolute atomic E-state index is 0.314. The average molecular weight is 283 g/mol. The molecule has 0 amide bonds. The van der Waals surface area contributed by atoms with E-state index in [0.29, 0.717) is 6.04 Å². The number of aromatic nitrogens is 2. The molecule has 2 heterocycles. The summed E-state index contributed by atoms with van der Waals surface area (Å²) in [5.74, 6) is 0. The topological polar surface area (TPSA) is 37.8 Å². The Hall–Kier alpha value is -1.78. The van der Waals surface area contributed by atoms with Crippen LogP contribution in [-0.2, 0) is 6.54 Å². The Morgan fingerprint density at radius 3 is 2.95 bits per heavy atom. The van der Waals surface area contributed by atoms with Crippen LogP contribution in [0.25, 0.3) is 10.8 Å². The number of rotatable bonds is 5. The number of fused-ring (bicyclic) bond motifs is 1. The lowest BCUT2D eigenvalue weighted by Crippen LogP contribution is -2.20. The highest BCUT2D eigenvalue weighted by Gasteiger charge is 2.11. The molecule has 0 saturated carbocycles. The minimum atomic E-state index is 0.314. The van der Waals surface area contributed by atoms with E-state index < -0.39 is 0 Å². The van der Waals surface area contributed by atoms with Gasteiger partial charge in [-0.1, -0.05) is 31.2 Å². The molecule has 1 unspecified atom stereocenters. The molecule has 1 atom stereocenters. The van der Waals surface area contributed by atoms with Gasteiger partial charge in [-0.25, -0.2) is 4.98 Å². The zero-order valence-corrected chi connectivity index (χ0v) is 12.2. The van der Waals surface area contributed by atoms with E-state index in [1.54, 1.807) is 11.3 Å². The number of benzene rings is 1. The van der Waals surface area contributed by atoms with Crippen molar-refractivity contribution in [3.05, 3.63) is 58.8 Å². The van der Waals surface area contributed by atoms with Crippen LogP contribution in [-0.4, -0.2) is 9.97 Å². The van der Waals surface area contributed by atoms with Crippen LogP contribution >= 0.6 is 11.3 Å². The molecule has 0 aliphatic heterocycles. The first-order valence-corrected chi connectivity index (χ1v) is 7.71. The number of nitrogens with zero attached hydrogens (tertiary/aromatic N) is 2. The van der Waals surface area contributed by atoms with Gasteiger partial charge in [0.25, 0.3) is 0 Å². The molecule has 3 nitrogen and oxygen atoms in total. The second kappa shape index (κ2) is 6.11. The SMILES string of the molecule is CCC(NCc1cncc2ccccc12)c1nccs1. The summed E-state index contributed by atoms with van der Waals surface area (Å²) in [5.41, 5.74) is 1.23. The van der Waals surface area contributed by atoms with Crippen molar-refractivity contribution in [2.24, 2.45) is 0 Å². The zero-order valence-electron chi connectivity index (χ0n) is 11.4. The van der Waals surface area contributed by atoms with Gasteiger partial charge in [0.1, 0.15) is 5.01 Å². The summed E-state index contributed by atoms with van der Waals surface area (Å²) in [7, 11) is 0. The molecule has 3 rings (SSSR count). The summed E-state index contributed by atoms with van der Waals surface area (Å²) < 4.78 is 0. The fraction of sp³-hybridized carbons (Fsp3) is 0.250. The van der Waals surface area contributed by atoms with Gasteiger partial charge in [-0.2, -0.15) is 0 Å². The molecular weight excluding hydrogens is 266 g/mol. The average Bonchev–Trinajstić information content (AvgIpc) is 3.02. The Balaban J connectivity index is 1.80. The normalized spacial score (nSPS) is 12.7. The van der Waals surface area contributed by atoms with Gasteiger partial charge in [0.05, 0.1) is 6.04 Å². The summed E-state index contributed by atoms with van der Waals surface area (Å²) in [4.78, 5) is 8.73. The zero-order chi connectivity index (χ0) is 13.8. The van der Waals surface area contributed by atoms with Crippen molar-refractivity contribution in [1.82, 2.24) is 15.3 Å². The van der Waals surface area contributed by atoms with E-state index in [1.807, 2.05) is 30.0 Å². The molecule has 0 saturated heterocycles. The molecule has 2 aromatic heterocycles. The third-order valence-electron chi connectivity index (χ3n) is 3.45. The highest BCUT2D eigenvalue weighted by atomic mass is 32.1. The van der Waals surface area contributed by atoms with Crippen LogP contribution < -0.4 is 5.32 Å².